The molecule has 1 rings (SSSR count). The molecule has 1 aromatic carbocycles. The van der Waals surface area contributed by atoms with Crippen LogP contribution in [0.25, 0.3) is 0 Å². The van der Waals surface area contributed by atoms with Gasteiger partial charge in [0.25, 0.3) is 0 Å². The van der Waals surface area contributed by atoms with E-state index in [1.807, 2.05) is 12.1 Å². The third-order valence-corrected chi connectivity index (χ3v) is 4.17. The second-order valence-electron chi connectivity index (χ2n) is 5.50. The molecule has 0 aromatic heterocycles. The predicted octanol–water partition coefficient (Wildman–Crippen LogP) is 2.81. The van der Waals surface area contributed by atoms with Crippen molar-refractivity contribution < 1.29 is 4.39 Å². The molecule has 0 aliphatic rings. The first-order chi connectivity index (χ1) is 11.1. The molecule has 0 heterocycles. The molecular formula is C17H29FN4S. The molecule has 0 bridgehead atoms. The molecule has 2 N–H and O–H groups in total. The zero-order valence-electron chi connectivity index (χ0n) is 14.4. The smallest absolute Gasteiger partial charge is 0.191 e. The molecule has 130 valence electrons. The van der Waals surface area contributed by atoms with Crippen molar-refractivity contribution in [3.63, 3.8) is 0 Å². The first-order valence-corrected chi connectivity index (χ1v) is 9.15. The van der Waals surface area contributed by atoms with Gasteiger partial charge in [0, 0.05) is 24.5 Å². The van der Waals surface area contributed by atoms with Crippen LogP contribution >= 0.6 is 11.8 Å². The normalized spacial score (nSPS) is 11.8. The lowest BCUT2D eigenvalue weighted by atomic mass is 10.4. The van der Waals surface area contributed by atoms with Gasteiger partial charge in [0.2, 0.25) is 0 Å². The fourth-order valence-electron chi connectivity index (χ4n) is 1.92. The van der Waals surface area contributed by atoms with Gasteiger partial charge < -0.3 is 15.5 Å². The minimum absolute atomic E-state index is 0.186. The van der Waals surface area contributed by atoms with Gasteiger partial charge in [-0.2, -0.15) is 0 Å². The molecule has 0 spiro atoms. The second kappa shape index (κ2) is 12.2. The Morgan fingerprint density at radius 3 is 2.57 bits per heavy atom. The Labute approximate surface area is 143 Å². The molecule has 0 amide bonds. The summed E-state index contributed by atoms with van der Waals surface area (Å²) >= 11 is 1.74. The van der Waals surface area contributed by atoms with Gasteiger partial charge in [-0.25, -0.2) is 4.39 Å². The van der Waals surface area contributed by atoms with Crippen LogP contribution < -0.4 is 10.6 Å². The monoisotopic (exact) mass is 340 g/mol. The third-order valence-electron chi connectivity index (χ3n) is 3.07. The number of hydrogen-bond acceptors (Lipinski definition) is 3. The van der Waals surface area contributed by atoms with Gasteiger partial charge in [0.15, 0.2) is 5.96 Å². The number of rotatable bonds is 10. The summed E-state index contributed by atoms with van der Waals surface area (Å²) in [6.07, 6.45) is 2.09. The molecule has 0 atom stereocenters. The fourth-order valence-corrected chi connectivity index (χ4v) is 2.76. The Bertz CT molecular complexity index is 448. The van der Waals surface area contributed by atoms with Gasteiger partial charge >= 0.3 is 0 Å². The van der Waals surface area contributed by atoms with E-state index in [0.717, 1.165) is 55.6 Å². The van der Waals surface area contributed by atoms with Crippen molar-refractivity contribution >= 4 is 17.7 Å². The highest BCUT2D eigenvalue weighted by atomic mass is 32.2. The number of thioether (sulfide) groups is 1. The molecular weight excluding hydrogens is 311 g/mol. The number of nitrogens with one attached hydrogen (secondary N) is 2. The average molecular weight is 341 g/mol. The Kier molecular flexibility index (Phi) is 10.5. The van der Waals surface area contributed by atoms with Gasteiger partial charge in [0.05, 0.1) is 0 Å². The standard InChI is InChI=1S/C17H29FN4S/c1-4-19-17(20-11-5-13-22(2)3)21-12-6-14-23-16-9-7-15(18)8-10-16/h7-10H,4-6,11-14H2,1-3H3,(H2,19,20,21). The summed E-state index contributed by atoms with van der Waals surface area (Å²) in [5.41, 5.74) is 0. The summed E-state index contributed by atoms with van der Waals surface area (Å²) in [5.74, 6) is 1.68. The summed E-state index contributed by atoms with van der Waals surface area (Å²) in [6.45, 7) is 5.72. The molecule has 1 aromatic rings. The number of nitrogens with zero attached hydrogens (tertiary/aromatic N) is 2. The summed E-state index contributed by atoms with van der Waals surface area (Å²) in [4.78, 5) is 7.86. The molecule has 0 saturated heterocycles. The highest BCUT2D eigenvalue weighted by Crippen LogP contribution is 2.18. The minimum Gasteiger partial charge on any atom is -0.357 e. The summed E-state index contributed by atoms with van der Waals surface area (Å²) in [7, 11) is 4.16. The zero-order chi connectivity index (χ0) is 16.9. The molecule has 0 radical (unpaired) electrons. The van der Waals surface area contributed by atoms with Crippen molar-refractivity contribution in [2.24, 2.45) is 4.99 Å². The predicted molar refractivity (Wildman–Crippen MR) is 98.9 cm³/mol. The van der Waals surface area contributed by atoms with Crippen LogP contribution in [-0.2, 0) is 0 Å². The van der Waals surface area contributed by atoms with Crippen molar-refractivity contribution in [2.75, 3.05) is 46.0 Å². The first kappa shape index (κ1) is 19.8. The molecule has 6 heteroatoms. The van der Waals surface area contributed by atoms with Crippen LogP contribution in [0.4, 0.5) is 4.39 Å². The van der Waals surface area contributed by atoms with Gasteiger partial charge in [-0.05, 0) is 70.4 Å². The molecule has 0 aliphatic heterocycles. The van der Waals surface area contributed by atoms with Crippen molar-refractivity contribution in [3.05, 3.63) is 30.1 Å². The number of benzene rings is 1. The van der Waals surface area contributed by atoms with Gasteiger partial charge in [-0.15, -0.1) is 11.8 Å². The van der Waals surface area contributed by atoms with Crippen LogP contribution in [0.1, 0.15) is 19.8 Å². The van der Waals surface area contributed by atoms with Gasteiger partial charge in [-0.3, -0.25) is 4.99 Å². The number of aliphatic imine (C=N–C) groups is 1. The average Bonchev–Trinajstić information content (AvgIpc) is 2.52. The van der Waals surface area contributed by atoms with Crippen molar-refractivity contribution in [1.29, 1.82) is 0 Å². The fraction of sp³-hybridized carbons (Fsp3) is 0.588. The Morgan fingerprint density at radius 1 is 1.17 bits per heavy atom. The van der Waals surface area contributed by atoms with Crippen molar-refractivity contribution in [3.8, 4) is 0 Å². The van der Waals surface area contributed by atoms with E-state index in [2.05, 4.69) is 41.5 Å². The van der Waals surface area contributed by atoms with E-state index < -0.39 is 0 Å². The maximum Gasteiger partial charge on any atom is 0.191 e. The largest absolute Gasteiger partial charge is 0.357 e. The van der Waals surface area contributed by atoms with E-state index >= 15 is 0 Å². The van der Waals surface area contributed by atoms with Crippen LogP contribution in [0.2, 0.25) is 0 Å². The molecule has 23 heavy (non-hydrogen) atoms. The topological polar surface area (TPSA) is 39.7 Å². The lowest BCUT2D eigenvalue weighted by molar-refractivity contribution is 0.399. The van der Waals surface area contributed by atoms with Crippen LogP contribution in [0.15, 0.2) is 34.2 Å². The van der Waals surface area contributed by atoms with Crippen LogP contribution in [0.3, 0.4) is 0 Å². The van der Waals surface area contributed by atoms with Crippen molar-refractivity contribution in [1.82, 2.24) is 15.5 Å². The van der Waals surface area contributed by atoms with E-state index in [-0.39, 0.29) is 5.82 Å². The highest BCUT2D eigenvalue weighted by Gasteiger charge is 1.98. The first-order valence-electron chi connectivity index (χ1n) is 8.17. The van der Waals surface area contributed by atoms with Crippen molar-refractivity contribution in [2.45, 2.75) is 24.7 Å². The zero-order valence-corrected chi connectivity index (χ0v) is 15.3. The second-order valence-corrected chi connectivity index (χ2v) is 6.67. The van der Waals surface area contributed by atoms with E-state index in [4.69, 9.17) is 0 Å². The van der Waals surface area contributed by atoms with Gasteiger partial charge in [-0.1, -0.05) is 0 Å². The minimum atomic E-state index is -0.186. The van der Waals surface area contributed by atoms with E-state index in [1.54, 1.807) is 11.8 Å². The lowest BCUT2D eigenvalue weighted by Gasteiger charge is -2.13. The molecule has 0 fully saturated rings. The van der Waals surface area contributed by atoms with Gasteiger partial charge in [0.1, 0.15) is 5.82 Å². The number of hydrogen-bond donors (Lipinski definition) is 2. The van der Waals surface area contributed by atoms with Crippen LogP contribution in [0, 0.1) is 5.82 Å². The highest BCUT2D eigenvalue weighted by molar-refractivity contribution is 7.99. The summed E-state index contributed by atoms with van der Waals surface area (Å²) < 4.78 is 12.8. The Hall–Kier alpha value is -1.27. The number of guanidine groups is 1. The third kappa shape index (κ3) is 10.2. The maximum atomic E-state index is 12.8. The Balaban J connectivity index is 2.21. The SMILES string of the molecule is CCNC(=NCCCSc1ccc(F)cc1)NCCCN(C)C. The van der Waals surface area contributed by atoms with E-state index in [0.29, 0.717) is 0 Å². The molecule has 0 saturated carbocycles. The number of halogens is 1. The summed E-state index contributed by atoms with van der Waals surface area (Å²) in [5, 5.41) is 6.62. The van der Waals surface area contributed by atoms with Crippen LogP contribution in [0.5, 0.6) is 0 Å². The van der Waals surface area contributed by atoms with Crippen LogP contribution in [-0.4, -0.2) is 56.9 Å². The maximum absolute atomic E-state index is 12.8. The Morgan fingerprint density at radius 2 is 1.91 bits per heavy atom. The van der Waals surface area contributed by atoms with E-state index in [1.165, 1.54) is 12.1 Å². The quantitative estimate of drug-likeness (QED) is 0.297. The molecule has 0 unspecified atom stereocenters. The van der Waals surface area contributed by atoms with E-state index in [9.17, 15) is 4.39 Å². The lowest BCUT2D eigenvalue weighted by Crippen LogP contribution is -2.38. The molecule has 0 aliphatic carbocycles. The molecule has 4 nitrogen and oxygen atoms in total. The summed E-state index contributed by atoms with van der Waals surface area (Å²) in [6, 6.07) is 6.64.